The summed E-state index contributed by atoms with van der Waals surface area (Å²) in [5.41, 5.74) is 14.8. The van der Waals surface area contributed by atoms with E-state index in [1.807, 2.05) is 30.5 Å². The third-order valence-corrected chi connectivity index (χ3v) is 14.2. The smallest absolute Gasteiger partial charge is 0.0704 e. The van der Waals surface area contributed by atoms with Gasteiger partial charge in [0.15, 0.2) is 0 Å². The van der Waals surface area contributed by atoms with E-state index in [0.717, 1.165) is 29.2 Å². The van der Waals surface area contributed by atoms with Crippen LogP contribution < -0.4 is 0 Å². The maximum Gasteiger partial charge on any atom is 0.0704 e. The van der Waals surface area contributed by atoms with Gasteiger partial charge in [-0.05, 0) is 206 Å². The van der Waals surface area contributed by atoms with E-state index in [2.05, 4.69) is 172 Å². The molecule has 0 bridgehead atoms. The fourth-order valence-corrected chi connectivity index (χ4v) is 10.4. The minimum atomic E-state index is 0.250. The first-order chi connectivity index (χ1) is 29.5. The number of hydrogen-bond acceptors (Lipinski definition) is 2. The van der Waals surface area contributed by atoms with Crippen molar-refractivity contribution in [1.29, 1.82) is 0 Å². The van der Waals surface area contributed by atoms with Crippen LogP contribution in [0.1, 0.15) is 153 Å². The van der Waals surface area contributed by atoms with Gasteiger partial charge in [-0.15, -0.1) is 0 Å². The lowest BCUT2D eigenvalue weighted by Crippen LogP contribution is -2.06. The van der Waals surface area contributed by atoms with Gasteiger partial charge in [0.05, 0.1) is 5.52 Å². The van der Waals surface area contributed by atoms with E-state index in [4.69, 9.17) is 0 Å². The van der Waals surface area contributed by atoms with Gasteiger partial charge in [0, 0.05) is 43.4 Å². The van der Waals surface area contributed by atoms with Gasteiger partial charge >= 0.3 is 0 Å². The van der Waals surface area contributed by atoms with Crippen LogP contribution in [-0.4, -0.2) is 11.2 Å². The molecule has 4 aliphatic carbocycles. The Kier molecular flexibility index (Phi) is 20.6. The van der Waals surface area contributed by atoms with Crippen molar-refractivity contribution >= 4 is 70.8 Å². The van der Waals surface area contributed by atoms with E-state index in [1.54, 1.807) is 44.5 Å². The summed E-state index contributed by atoms with van der Waals surface area (Å²) in [6, 6.07) is 39.1. The summed E-state index contributed by atoms with van der Waals surface area (Å²) in [4.78, 5) is 4.24. The highest BCUT2D eigenvalue weighted by atomic mass is 79.9. The van der Waals surface area contributed by atoms with Crippen LogP contribution in [0.2, 0.25) is 0 Å². The Bertz CT molecular complexity index is 2120. The third-order valence-electron chi connectivity index (χ3n) is 12.7. The molecular weight excluding hydrogens is 965 g/mol. The van der Waals surface area contributed by atoms with Crippen molar-refractivity contribution in [2.24, 2.45) is 0 Å². The van der Waals surface area contributed by atoms with Crippen molar-refractivity contribution < 1.29 is 3.89 Å². The summed E-state index contributed by atoms with van der Waals surface area (Å²) < 4.78 is 13.9. The zero-order valence-corrected chi connectivity index (χ0v) is 42.7. The van der Waals surface area contributed by atoms with Crippen molar-refractivity contribution in [3.05, 3.63) is 179 Å². The maximum absolute atomic E-state index is 10.2. The summed E-state index contributed by atoms with van der Waals surface area (Å²) in [7, 11) is 0. The SMILES string of the molecule is CC1CCCc2ccc(Br)cc21.CC1CCCc2ccccc21.CSF.C[C@@H]1CCCc2ccc(Br)cc21.C[C@H]1CCCc2ccc(Br)cc21.Cc1ccnc2ccccc12. The van der Waals surface area contributed by atoms with Crippen LogP contribution in [0.25, 0.3) is 10.9 Å². The summed E-state index contributed by atoms with van der Waals surface area (Å²) in [5.74, 6) is 3.06. The minimum Gasteiger partial charge on any atom is -0.256 e. The number of aryl methyl sites for hydroxylation is 5. The molecule has 2 unspecified atom stereocenters. The Morgan fingerprint density at radius 3 is 1.26 bits per heavy atom. The highest BCUT2D eigenvalue weighted by molar-refractivity contribution is 9.11. The molecule has 4 aliphatic rings. The van der Waals surface area contributed by atoms with Gasteiger partial charge in [-0.1, -0.05) is 136 Å². The molecule has 5 aromatic carbocycles. The molecule has 0 spiro atoms. The molecule has 6 aromatic rings. The lowest BCUT2D eigenvalue weighted by molar-refractivity contribution is 0.590. The molecule has 61 heavy (non-hydrogen) atoms. The van der Waals surface area contributed by atoms with Gasteiger partial charge in [-0.25, -0.2) is 0 Å². The second kappa shape index (κ2) is 25.5. The number of halogens is 4. The molecule has 6 heteroatoms. The lowest BCUT2D eigenvalue weighted by Gasteiger charge is -2.22. The van der Waals surface area contributed by atoms with E-state index < -0.39 is 0 Å². The van der Waals surface area contributed by atoms with Crippen LogP contribution in [-0.2, 0) is 25.7 Å². The molecule has 0 fully saturated rings. The van der Waals surface area contributed by atoms with Crippen LogP contribution in [0.4, 0.5) is 3.89 Å². The standard InChI is InChI=1S/3C11H13Br.C11H14.C10H9N.CH3FS/c3*1-8-3-2-4-9-5-6-10(12)7-11(8)9;1-9-5-4-7-10-6-2-3-8-11(9)10;1-8-6-7-11-10-5-3-2-4-9(8)10;1-3-2/h3*5-8H,2-4H2,1H3;2-3,6,8-9H,4-5,7H2,1H3;2-7H,1H3;1H3/t2*8-;;;;/m10..../s1. The quantitative estimate of drug-likeness (QED) is 0.150. The Morgan fingerprint density at radius 1 is 0.492 bits per heavy atom. The van der Waals surface area contributed by atoms with E-state index >= 15 is 0 Å². The molecule has 10 rings (SSSR count). The highest BCUT2D eigenvalue weighted by Gasteiger charge is 2.18. The molecule has 0 N–H and O–H groups in total. The molecule has 324 valence electrons. The normalized spacial score (nSPS) is 19.2. The predicted molar refractivity (Wildman–Crippen MR) is 275 cm³/mol. The molecule has 1 aromatic heterocycles. The molecule has 0 aliphatic heterocycles. The zero-order valence-electron chi connectivity index (χ0n) is 37.1. The van der Waals surface area contributed by atoms with Gasteiger partial charge in [-0.2, -0.15) is 3.89 Å². The van der Waals surface area contributed by atoms with Crippen LogP contribution in [0.5, 0.6) is 0 Å². The summed E-state index contributed by atoms with van der Waals surface area (Å²) in [5, 5.41) is 1.25. The Labute approximate surface area is 397 Å². The first-order valence-corrected chi connectivity index (χ1v) is 25.9. The van der Waals surface area contributed by atoms with Crippen molar-refractivity contribution in [2.75, 3.05) is 6.26 Å². The predicted octanol–water partition coefficient (Wildman–Crippen LogP) is 18.6. The number of pyridine rings is 1. The summed E-state index contributed by atoms with van der Waals surface area (Å²) >= 11 is 10.8. The van der Waals surface area contributed by atoms with Crippen LogP contribution in [0.3, 0.4) is 0 Å². The number of hydrogen-bond donors (Lipinski definition) is 0. The topological polar surface area (TPSA) is 12.9 Å². The zero-order chi connectivity index (χ0) is 43.7. The number of nitrogens with zero attached hydrogens (tertiary/aromatic N) is 1. The average Bonchev–Trinajstić information content (AvgIpc) is 3.26. The number of aromatic nitrogens is 1. The van der Waals surface area contributed by atoms with Gasteiger partial charge in [-0.3, -0.25) is 4.98 Å². The van der Waals surface area contributed by atoms with Crippen LogP contribution in [0.15, 0.2) is 129 Å². The largest absolute Gasteiger partial charge is 0.256 e. The molecule has 1 heterocycles. The van der Waals surface area contributed by atoms with Crippen LogP contribution in [0, 0.1) is 6.92 Å². The van der Waals surface area contributed by atoms with Gasteiger partial charge in [0.2, 0.25) is 0 Å². The third kappa shape index (κ3) is 14.9. The lowest BCUT2D eigenvalue weighted by atomic mass is 9.84. The van der Waals surface area contributed by atoms with Crippen molar-refractivity contribution in [1.82, 2.24) is 4.98 Å². The van der Waals surface area contributed by atoms with Crippen molar-refractivity contribution in [2.45, 2.75) is 135 Å². The van der Waals surface area contributed by atoms with Gasteiger partial charge < -0.3 is 0 Å². The molecule has 0 saturated carbocycles. The number of benzene rings is 5. The number of rotatable bonds is 0. The number of para-hydroxylation sites is 1. The Morgan fingerprint density at radius 2 is 0.852 bits per heavy atom. The highest BCUT2D eigenvalue weighted by Crippen LogP contribution is 2.35. The van der Waals surface area contributed by atoms with Crippen LogP contribution >= 0.6 is 59.9 Å². The van der Waals surface area contributed by atoms with E-state index in [9.17, 15) is 3.89 Å². The molecule has 0 amide bonds. The first kappa shape index (κ1) is 49.2. The average molecular weight is 1030 g/mol. The summed E-state index contributed by atoms with van der Waals surface area (Å²) in [6.45, 7) is 11.4. The fourth-order valence-electron chi connectivity index (χ4n) is 9.25. The maximum atomic E-state index is 10.2. The first-order valence-electron chi connectivity index (χ1n) is 22.4. The molecule has 0 radical (unpaired) electrons. The van der Waals surface area contributed by atoms with E-state index in [0.29, 0.717) is 0 Å². The van der Waals surface area contributed by atoms with Gasteiger partial charge in [0.1, 0.15) is 0 Å². The fraction of sp³-hybridized carbons (Fsp3) is 0.400. The minimum absolute atomic E-state index is 0.250. The molecule has 0 saturated heterocycles. The second-order valence-electron chi connectivity index (χ2n) is 17.2. The van der Waals surface area contributed by atoms with E-state index in [-0.39, 0.29) is 12.1 Å². The number of fused-ring (bicyclic) bond motifs is 5. The Balaban J connectivity index is 0.000000142. The Hall–Kier alpha value is -2.77. The van der Waals surface area contributed by atoms with E-state index in [1.165, 1.54) is 108 Å². The van der Waals surface area contributed by atoms with Gasteiger partial charge in [0.25, 0.3) is 0 Å². The second-order valence-corrected chi connectivity index (χ2v) is 20.3. The molecule has 4 atom stereocenters. The monoisotopic (exact) mass is 1030 g/mol. The van der Waals surface area contributed by atoms with Crippen molar-refractivity contribution in [3.8, 4) is 0 Å². The summed E-state index contributed by atoms with van der Waals surface area (Å²) in [6.07, 6.45) is 19.2. The molecule has 1 nitrogen and oxygen atoms in total. The molecular formula is C55H65Br3FNS. The van der Waals surface area contributed by atoms with Crippen molar-refractivity contribution in [3.63, 3.8) is 0 Å².